The molecule has 0 unspecified atom stereocenters. The molecule has 0 bridgehead atoms. The van der Waals surface area contributed by atoms with Gasteiger partial charge < -0.3 is 10.4 Å². The van der Waals surface area contributed by atoms with Crippen molar-refractivity contribution in [1.29, 1.82) is 0 Å². The lowest BCUT2D eigenvalue weighted by molar-refractivity contribution is 0.269. The van der Waals surface area contributed by atoms with Gasteiger partial charge in [-0.2, -0.15) is 5.10 Å². The molecule has 1 aliphatic rings. The molecule has 0 spiro atoms. The van der Waals surface area contributed by atoms with Gasteiger partial charge in [0, 0.05) is 24.3 Å². The molecule has 1 fully saturated rings. The molecular weight excluding hydrogens is 226 g/mol. The highest BCUT2D eigenvalue weighted by Crippen LogP contribution is 2.26. The Kier molecular flexibility index (Phi) is 5.20. The summed E-state index contributed by atoms with van der Waals surface area (Å²) in [6, 6.07) is 0.589. The van der Waals surface area contributed by atoms with Gasteiger partial charge in [-0.15, -0.1) is 0 Å². The van der Waals surface area contributed by atoms with Gasteiger partial charge in [0.15, 0.2) is 0 Å². The number of hydrogen-bond acceptors (Lipinski definition) is 3. The van der Waals surface area contributed by atoms with Gasteiger partial charge in [-0.1, -0.05) is 19.3 Å². The summed E-state index contributed by atoms with van der Waals surface area (Å²) in [5.41, 5.74) is 1.20. The van der Waals surface area contributed by atoms with E-state index >= 15 is 0 Å². The fourth-order valence-corrected chi connectivity index (χ4v) is 2.80. The smallest absolute Gasteiger partial charge is 0.0640 e. The molecule has 0 aliphatic heterocycles. The van der Waals surface area contributed by atoms with E-state index in [2.05, 4.69) is 17.3 Å². The van der Waals surface area contributed by atoms with Crippen LogP contribution in [0.1, 0.15) is 44.6 Å². The second-order valence-electron chi connectivity index (χ2n) is 5.40. The molecule has 1 saturated carbocycles. The van der Waals surface area contributed by atoms with Crippen LogP contribution in [0.3, 0.4) is 0 Å². The Labute approximate surface area is 109 Å². The van der Waals surface area contributed by atoms with Crippen molar-refractivity contribution in [2.24, 2.45) is 5.92 Å². The van der Waals surface area contributed by atoms with Gasteiger partial charge >= 0.3 is 0 Å². The predicted molar refractivity (Wildman–Crippen MR) is 72.2 cm³/mol. The van der Waals surface area contributed by atoms with Crippen molar-refractivity contribution >= 4 is 0 Å². The maximum atomic E-state index is 8.84. The van der Waals surface area contributed by atoms with Gasteiger partial charge in [-0.25, -0.2) is 0 Å². The molecule has 4 heteroatoms. The first-order chi connectivity index (χ1) is 8.79. The Bertz CT molecular complexity index is 345. The summed E-state index contributed by atoms with van der Waals surface area (Å²) in [6.07, 6.45) is 10.8. The Balaban J connectivity index is 1.75. The topological polar surface area (TPSA) is 50.1 Å². The average Bonchev–Trinajstić information content (AvgIpc) is 2.85. The van der Waals surface area contributed by atoms with Crippen molar-refractivity contribution in [2.45, 2.75) is 58.2 Å². The van der Waals surface area contributed by atoms with E-state index in [4.69, 9.17) is 5.11 Å². The SMILES string of the molecule is C[C@H](NCc1cnn(CCO)c1)C1CCCCC1. The number of aromatic nitrogens is 2. The van der Waals surface area contributed by atoms with Crippen molar-refractivity contribution in [2.75, 3.05) is 6.61 Å². The van der Waals surface area contributed by atoms with E-state index in [-0.39, 0.29) is 6.61 Å². The molecule has 2 N–H and O–H groups in total. The lowest BCUT2D eigenvalue weighted by atomic mass is 9.84. The minimum Gasteiger partial charge on any atom is -0.394 e. The minimum absolute atomic E-state index is 0.146. The van der Waals surface area contributed by atoms with Gasteiger partial charge in [-0.3, -0.25) is 4.68 Å². The molecule has 2 rings (SSSR count). The van der Waals surface area contributed by atoms with Crippen LogP contribution in [0, 0.1) is 5.92 Å². The normalized spacial score (nSPS) is 19.0. The first kappa shape index (κ1) is 13.6. The fraction of sp³-hybridized carbons (Fsp3) is 0.786. The molecule has 0 radical (unpaired) electrons. The van der Waals surface area contributed by atoms with Crippen LogP contribution in [0.25, 0.3) is 0 Å². The van der Waals surface area contributed by atoms with E-state index < -0.39 is 0 Å². The molecule has 4 nitrogen and oxygen atoms in total. The third-order valence-corrected chi connectivity index (χ3v) is 4.00. The molecule has 0 amide bonds. The van der Waals surface area contributed by atoms with E-state index in [1.165, 1.54) is 37.7 Å². The third-order valence-electron chi connectivity index (χ3n) is 4.00. The molecule has 18 heavy (non-hydrogen) atoms. The summed E-state index contributed by atoms with van der Waals surface area (Å²) >= 11 is 0. The number of hydrogen-bond donors (Lipinski definition) is 2. The highest BCUT2D eigenvalue weighted by Gasteiger charge is 2.19. The first-order valence-electron chi connectivity index (χ1n) is 7.15. The molecule has 0 saturated heterocycles. The lowest BCUT2D eigenvalue weighted by Gasteiger charge is -2.28. The van der Waals surface area contributed by atoms with Crippen LogP contribution in [-0.2, 0) is 13.1 Å². The number of aliphatic hydroxyl groups excluding tert-OH is 1. The number of rotatable bonds is 6. The standard InChI is InChI=1S/C14H25N3O/c1-12(14-5-3-2-4-6-14)15-9-13-10-16-17(11-13)7-8-18/h10-12,14-15,18H,2-9H2,1H3/t12-/m0/s1. The first-order valence-corrected chi connectivity index (χ1v) is 7.15. The fourth-order valence-electron chi connectivity index (χ4n) is 2.80. The van der Waals surface area contributed by atoms with Crippen LogP contribution in [0.5, 0.6) is 0 Å². The number of nitrogens with one attached hydrogen (secondary N) is 1. The third kappa shape index (κ3) is 3.82. The molecule has 0 aromatic carbocycles. The van der Waals surface area contributed by atoms with Gasteiger partial charge in [0.05, 0.1) is 19.3 Å². The number of nitrogens with zero attached hydrogens (tertiary/aromatic N) is 2. The van der Waals surface area contributed by atoms with E-state index in [9.17, 15) is 0 Å². The monoisotopic (exact) mass is 251 g/mol. The molecule has 102 valence electrons. The predicted octanol–water partition coefficient (Wildman–Crippen LogP) is 1.93. The maximum absolute atomic E-state index is 8.84. The van der Waals surface area contributed by atoms with Crippen LogP contribution in [-0.4, -0.2) is 27.5 Å². The Morgan fingerprint density at radius 3 is 2.94 bits per heavy atom. The summed E-state index contributed by atoms with van der Waals surface area (Å²) in [5, 5.41) is 16.7. The molecule has 1 aliphatic carbocycles. The number of aliphatic hydroxyl groups is 1. The van der Waals surface area contributed by atoms with Crippen molar-refractivity contribution in [1.82, 2.24) is 15.1 Å². The van der Waals surface area contributed by atoms with E-state index in [0.29, 0.717) is 12.6 Å². The molecule has 1 aromatic heterocycles. The maximum Gasteiger partial charge on any atom is 0.0640 e. The molecule has 1 heterocycles. The minimum atomic E-state index is 0.146. The Hall–Kier alpha value is -0.870. The van der Waals surface area contributed by atoms with E-state index in [1.807, 2.05) is 12.4 Å². The Morgan fingerprint density at radius 1 is 1.44 bits per heavy atom. The van der Waals surface area contributed by atoms with Crippen LogP contribution in [0.15, 0.2) is 12.4 Å². The lowest BCUT2D eigenvalue weighted by Crippen LogP contribution is -2.34. The highest BCUT2D eigenvalue weighted by molar-refractivity contribution is 5.03. The van der Waals surface area contributed by atoms with Gasteiger partial charge in [-0.05, 0) is 25.7 Å². The second-order valence-corrected chi connectivity index (χ2v) is 5.40. The van der Waals surface area contributed by atoms with E-state index in [1.54, 1.807) is 4.68 Å². The molecule has 1 aromatic rings. The summed E-state index contributed by atoms with van der Waals surface area (Å²) in [4.78, 5) is 0. The van der Waals surface area contributed by atoms with Crippen molar-refractivity contribution < 1.29 is 5.11 Å². The average molecular weight is 251 g/mol. The Morgan fingerprint density at radius 2 is 2.22 bits per heavy atom. The largest absolute Gasteiger partial charge is 0.394 e. The molecular formula is C14H25N3O. The zero-order valence-electron chi connectivity index (χ0n) is 11.3. The zero-order chi connectivity index (χ0) is 12.8. The van der Waals surface area contributed by atoms with Gasteiger partial charge in [0.1, 0.15) is 0 Å². The van der Waals surface area contributed by atoms with Crippen molar-refractivity contribution in [3.05, 3.63) is 18.0 Å². The van der Waals surface area contributed by atoms with Crippen LogP contribution in [0.4, 0.5) is 0 Å². The highest BCUT2D eigenvalue weighted by atomic mass is 16.3. The molecule has 1 atom stereocenters. The summed E-state index contributed by atoms with van der Waals surface area (Å²) < 4.78 is 1.79. The van der Waals surface area contributed by atoms with Crippen molar-refractivity contribution in [3.8, 4) is 0 Å². The van der Waals surface area contributed by atoms with E-state index in [0.717, 1.165) is 12.5 Å². The zero-order valence-corrected chi connectivity index (χ0v) is 11.3. The van der Waals surface area contributed by atoms with Crippen LogP contribution < -0.4 is 5.32 Å². The quantitative estimate of drug-likeness (QED) is 0.812. The van der Waals surface area contributed by atoms with Gasteiger partial charge in [0.2, 0.25) is 0 Å². The summed E-state index contributed by atoms with van der Waals surface area (Å²) in [5.74, 6) is 0.839. The summed E-state index contributed by atoms with van der Waals surface area (Å²) in [7, 11) is 0. The summed E-state index contributed by atoms with van der Waals surface area (Å²) in [6.45, 7) is 3.91. The van der Waals surface area contributed by atoms with Crippen LogP contribution in [0.2, 0.25) is 0 Å². The second kappa shape index (κ2) is 6.90. The van der Waals surface area contributed by atoms with Crippen molar-refractivity contribution in [3.63, 3.8) is 0 Å². The van der Waals surface area contributed by atoms with Gasteiger partial charge in [0.25, 0.3) is 0 Å². The van der Waals surface area contributed by atoms with Crippen LogP contribution >= 0.6 is 0 Å².